The predicted octanol–water partition coefficient (Wildman–Crippen LogP) is 3.57. The molecular formula is C26H34FN5O3. The Balaban J connectivity index is 1.24. The molecule has 1 aromatic carbocycles. The molecule has 2 aromatic rings. The summed E-state index contributed by atoms with van der Waals surface area (Å²) in [7, 11) is 3.50. The van der Waals surface area contributed by atoms with Crippen molar-refractivity contribution < 1.29 is 18.5 Å². The molecule has 0 aliphatic carbocycles. The molecule has 0 bridgehead atoms. The van der Waals surface area contributed by atoms with Crippen LogP contribution in [0.15, 0.2) is 22.7 Å². The SMILES string of the molecule is Cc1noc(C)c1C(=O)N1CCC(N2CCC3(CC2)CN(C(=O)N(C)C)c2ccc(F)cc23)CC1. The lowest BCUT2D eigenvalue weighted by molar-refractivity contribution is 0.0529. The lowest BCUT2D eigenvalue weighted by Crippen LogP contribution is -2.52. The van der Waals surface area contributed by atoms with Crippen molar-refractivity contribution in [3.8, 4) is 0 Å². The molecule has 3 aliphatic rings. The number of aromatic nitrogens is 1. The van der Waals surface area contributed by atoms with Crippen LogP contribution in [0.3, 0.4) is 0 Å². The second kappa shape index (κ2) is 8.93. The summed E-state index contributed by atoms with van der Waals surface area (Å²) in [6, 6.07) is 5.19. The first-order valence-electron chi connectivity index (χ1n) is 12.5. The van der Waals surface area contributed by atoms with Crippen molar-refractivity contribution >= 4 is 17.6 Å². The Morgan fingerprint density at radius 1 is 1.11 bits per heavy atom. The van der Waals surface area contributed by atoms with Gasteiger partial charge in [-0.1, -0.05) is 5.16 Å². The highest BCUT2D eigenvalue weighted by molar-refractivity contribution is 5.96. The molecule has 2 saturated heterocycles. The van der Waals surface area contributed by atoms with Crippen molar-refractivity contribution in [2.24, 2.45) is 0 Å². The van der Waals surface area contributed by atoms with Gasteiger partial charge in [0.2, 0.25) is 0 Å². The van der Waals surface area contributed by atoms with Gasteiger partial charge < -0.3 is 19.2 Å². The van der Waals surface area contributed by atoms with Gasteiger partial charge in [0, 0.05) is 50.9 Å². The Bertz CT molecular complexity index is 1110. The van der Waals surface area contributed by atoms with Crippen LogP contribution in [0.5, 0.6) is 0 Å². The molecule has 188 valence electrons. The van der Waals surface area contributed by atoms with E-state index in [1.165, 1.54) is 6.07 Å². The molecule has 1 aromatic heterocycles. The number of piperidine rings is 2. The topological polar surface area (TPSA) is 73.1 Å². The molecule has 2 fully saturated rings. The van der Waals surface area contributed by atoms with Gasteiger partial charge in [0.25, 0.3) is 5.91 Å². The van der Waals surface area contributed by atoms with Gasteiger partial charge in [0.1, 0.15) is 17.1 Å². The second-order valence-electron chi connectivity index (χ2n) is 10.5. The molecule has 0 atom stereocenters. The summed E-state index contributed by atoms with van der Waals surface area (Å²) in [5.74, 6) is 0.332. The predicted molar refractivity (Wildman–Crippen MR) is 130 cm³/mol. The zero-order valence-electron chi connectivity index (χ0n) is 21.0. The highest BCUT2D eigenvalue weighted by Crippen LogP contribution is 2.48. The van der Waals surface area contributed by atoms with E-state index >= 15 is 0 Å². The maximum Gasteiger partial charge on any atom is 0.323 e. The molecule has 0 radical (unpaired) electrons. The fraction of sp³-hybridized carbons (Fsp3) is 0.577. The Labute approximate surface area is 205 Å². The number of aryl methyl sites for hydroxylation is 2. The normalized spacial score (nSPS) is 20.4. The molecule has 3 amide bonds. The number of halogens is 1. The van der Waals surface area contributed by atoms with Crippen LogP contribution in [0.25, 0.3) is 0 Å². The van der Waals surface area contributed by atoms with Crippen LogP contribution in [0.4, 0.5) is 14.9 Å². The first kappa shape index (κ1) is 23.8. The summed E-state index contributed by atoms with van der Waals surface area (Å²) in [6.07, 6.45) is 3.63. The zero-order chi connectivity index (χ0) is 24.9. The molecule has 0 unspecified atom stereocenters. The number of benzene rings is 1. The van der Waals surface area contributed by atoms with E-state index < -0.39 is 0 Å². The number of likely N-dealkylation sites (tertiary alicyclic amines) is 2. The minimum atomic E-state index is -0.250. The molecule has 35 heavy (non-hydrogen) atoms. The van der Waals surface area contributed by atoms with Gasteiger partial charge in [0.05, 0.1) is 5.69 Å². The number of anilines is 1. The Morgan fingerprint density at radius 2 is 1.80 bits per heavy atom. The summed E-state index contributed by atoms with van der Waals surface area (Å²) in [6.45, 7) is 7.43. The van der Waals surface area contributed by atoms with Crippen LogP contribution in [0, 0.1) is 19.7 Å². The quantitative estimate of drug-likeness (QED) is 0.653. The van der Waals surface area contributed by atoms with E-state index in [9.17, 15) is 14.0 Å². The van der Waals surface area contributed by atoms with Gasteiger partial charge in [0.15, 0.2) is 0 Å². The Morgan fingerprint density at radius 3 is 2.40 bits per heavy atom. The third kappa shape index (κ3) is 4.09. The number of nitrogens with zero attached hydrogens (tertiary/aromatic N) is 5. The van der Waals surface area contributed by atoms with E-state index in [0.717, 1.165) is 50.0 Å². The molecule has 1 spiro atoms. The first-order valence-corrected chi connectivity index (χ1v) is 12.5. The zero-order valence-corrected chi connectivity index (χ0v) is 21.0. The number of fused-ring (bicyclic) bond motifs is 2. The Kier molecular flexibility index (Phi) is 6.07. The molecule has 0 saturated carbocycles. The van der Waals surface area contributed by atoms with Crippen molar-refractivity contribution in [2.75, 3.05) is 51.7 Å². The summed E-state index contributed by atoms with van der Waals surface area (Å²) in [5.41, 5.74) is 2.83. The number of hydrogen-bond donors (Lipinski definition) is 0. The van der Waals surface area contributed by atoms with Gasteiger partial charge in [-0.05, 0) is 76.4 Å². The summed E-state index contributed by atoms with van der Waals surface area (Å²) >= 11 is 0. The standard InChI is InChI=1S/C26H34FN5O3/c1-17-23(18(2)35-28-17)24(33)31-11-7-20(8-12-31)30-13-9-26(10-14-30)16-32(25(34)29(3)4)22-6-5-19(27)15-21(22)26/h5-6,15,20H,7-14,16H2,1-4H3. The largest absolute Gasteiger partial charge is 0.361 e. The fourth-order valence-electron chi connectivity index (χ4n) is 6.18. The monoisotopic (exact) mass is 483 g/mol. The maximum atomic E-state index is 14.2. The van der Waals surface area contributed by atoms with Crippen molar-refractivity contribution in [1.82, 2.24) is 19.9 Å². The molecule has 0 N–H and O–H groups in total. The maximum absolute atomic E-state index is 14.2. The third-order valence-electron chi connectivity index (χ3n) is 8.17. The van der Waals surface area contributed by atoms with E-state index in [2.05, 4.69) is 10.1 Å². The van der Waals surface area contributed by atoms with E-state index in [0.29, 0.717) is 42.7 Å². The van der Waals surface area contributed by atoms with Gasteiger partial charge in [-0.2, -0.15) is 0 Å². The number of carbonyl (C=O) groups excluding carboxylic acids is 2. The molecule has 3 aliphatic heterocycles. The first-order chi connectivity index (χ1) is 16.7. The lowest BCUT2D eigenvalue weighted by Gasteiger charge is -2.45. The summed E-state index contributed by atoms with van der Waals surface area (Å²) < 4.78 is 19.4. The smallest absolute Gasteiger partial charge is 0.323 e. The van der Waals surface area contributed by atoms with Gasteiger partial charge in [-0.25, -0.2) is 9.18 Å². The van der Waals surface area contributed by atoms with E-state index in [1.54, 1.807) is 45.0 Å². The van der Waals surface area contributed by atoms with Gasteiger partial charge in [-0.15, -0.1) is 0 Å². The highest BCUT2D eigenvalue weighted by atomic mass is 19.1. The molecule has 5 rings (SSSR count). The number of urea groups is 1. The minimum Gasteiger partial charge on any atom is -0.361 e. The van der Waals surface area contributed by atoms with Gasteiger partial charge >= 0.3 is 6.03 Å². The summed E-state index contributed by atoms with van der Waals surface area (Å²) in [4.78, 5) is 33.7. The van der Waals surface area contributed by atoms with Crippen molar-refractivity contribution in [3.05, 3.63) is 46.6 Å². The van der Waals surface area contributed by atoms with Crippen LogP contribution in [0.2, 0.25) is 0 Å². The van der Waals surface area contributed by atoms with Crippen molar-refractivity contribution in [3.63, 3.8) is 0 Å². The highest BCUT2D eigenvalue weighted by Gasteiger charge is 2.47. The van der Waals surface area contributed by atoms with Crippen LogP contribution < -0.4 is 4.90 Å². The average Bonchev–Trinajstić information content (AvgIpc) is 3.35. The summed E-state index contributed by atoms with van der Waals surface area (Å²) in [5, 5.41) is 3.92. The fourth-order valence-corrected chi connectivity index (χ4v) is 6.18. The number of hydrogen-bond acceptors (Lipinski definition) is 5. The number of rotatable bonds is 2. The van der Waals surface area contributed by atoms with Crippen LogP contribution in [-0.4, -0.2) is 84.7 Å². The van der Waals surface area contributed by atoms with E-state index in [1.807, 2.05) is 9.80 Å². The number of amides is 3. The average molecular weight is 484 g/mol. The van der Waals surface area contributed by atoms with Crippen LogP contribution >= 0.6 is 0 Å². The molecule has 9 heteroatoms. The molecule has 8 nitrogen and oxygen atoms in total. The minimum absolute atomic E-state index is 0.00698. The lowest BCUT2D eigenvalue weighted by atomic mass is 9.74. The van der Waals surface area contributed by atoms with Crippen LogP contribution in [-0.2, 0) is 5.41 Å². The number of carbonyl (C=O) groups is 2. The third-order valence-corrected chi connectivity index (χ3v) is 8.17. The van der Waals surface area contributed by atoms with E-state index in [4.69, 9.17) is 4.52 Å². The molecular weight excluding hydrogens is 449 g/mol. The van der Waals surface area contributed by atoms with Crippen molar-refractivity contribution in [1.29, 1.82) is 0 Å². The Hall–Kier alpha value is -2.94. The second-order valence-corrected chi connectivity index (χ2v) is 10.5. The van der Waals surface area contributed by atoms with Crippen molar-refractivity contribution in [2.45, 2.75) is 51.0 Å². The van der Waals surface area contributed by atoms with Crippen LogP contribution in [0.1, 0.15) is 53.1 Å². The molecule has 4 heterocycles. The van der Waals surface area contributed by atoms with Gasteiger partial charge in [-0.3, -0.25) is 9.69 Å². The van der Waals surface area contributed by atoms with E-state index in [-0.39, 0.29) is 23.2 Å².